The van der Waals surface area contributed by atoms with Gasteiger partial charge in [0, 0.05) is 31.6 Å². The summed E-state index contributed by atoms with van der Waals surface area (Å²) in [6.45, 7) is 3.36. The van der Waals surface area contributed by atoms with Gasteiger partial charge in [-0.15, -0.1) is 0 Å². The van der Waals surface area contributed by atoms with E-state index in [1.165, 1.54) is 12.8 Å². The molecule has 0 unspecified atom stereocenters. The minimum absolute atomic E-state index is 0.0828. The lowest BCUT2D eigenvalue weighted by atomic mass is 10.0. The monoisotopic (exact) mass is 374 g/mol. The number of carboxylic acids is 1. The molecule has 1 fully saturated rings. The SMILES string of the molecule is O=C(O)CCc1ccc2c(c1)CN(CC1CC1)CC(=O)NCCCCCO2. The summed E-state index contributed by atoms with van der Waals surface area (Å²) in [5, 5.41) is 12.0. The number of carbonyl (C=O) groups is 2. The van der Waals surface area contributed by atoms with Crippen LogP contribution >= 0.6 is 0 Å². The van der Waals surface area contributed by atoms with Crippen LogP contribution < -0.4 is 10.1 Å². The molecule has 2 N–H and O–H groups in total. The summed E-state index contributed by atoms with van der Waals surface area (Å²) in [6, 6.07) is 5.97. The van der Waals surface area contributed by atoms with Crippen molar-refractivity contribution in [3.05, 3.63) is 29.3 Å². The van der Waals surface area contributed by atoms with E-state index in [4.69, 9.17) is 9.84 Å². The van der Waals surface area contributed by atoms with Gasteiger partial charge in [-0.1, -0.05) is 12.1 Å². The Hall–Kier alpha value is -2.08. The maximum atomic E-state index is 12.3. The number of aliphatic carboxylic acids is 1. The number of ether oxygens (including phenoxy) is 1. The van der Waals surface area contributed by atoms with Crippen molar-refractivity contribution in [1.82, 2.24) is 10.2 Å². The largest absolute Gasteiger partial charge is 0.493 e. The average Bonchev–Trinajstić information content (AvgIpc) is 3.43. The van der Waals surface area contributed by atoms with Gasteiger partial charge in [-0.05, 0) is 56.1 Å². The van der Waals surface area contributed by atoms with E-state index in [1.807, 2.05) is 12.1 Å². The van der Waals surface area contributed by atoms with Crippen LogP contribution in [-0.2, 0) is 22.6 Å². The lowest BCUT2D eigenvalue weighted by Crippen LogP contribution is -2.38. The summed E-state index contributed by atoms with van der Waals surface area (Å²) in [5.74, 6) is 0.837. The van der Waals surface area contributed by atoms with Crippen LogP contribution in [0.2, 0.25) is 0 Å². The second-order valence-corrected chi connectivity index (χ2v) is 7.71. The number of aryl methyl sites for hydroxylation is 1. The second kappa shape index (κ2) is 9.74. The fraction of sp³-hybridized carbons (Fsp3) is 0.619. The third-order valence-corrected chi connectivity index (χ3v) is 5.13. The van der Waals surface area contributed by atoms with Crippen molar-refractivity contribution < 1.29 is 19.4 Å². The van der Waals surface area contributed by atoms with Crippen LogP contribution in [0.4, 0.5) is 0 Å². The number of hydrogen-bond donors (Lipinski definition) is 2. The molecule has 6 nitrogen and oxygen atoms in total. The van der Waals surface area contributed by atoms with Gasteiger partial charge >= 0.3 is 5.97 Å². The van der Waals surface area contributed by atoms with Crippen molar-refractivity contribution >= 4 is 11.9 Å². The Kier molecular flexibility index (Phi) is 7.10. The van der Waals surface area contributed by atoms with Crippen LogP contribution in [-0.4, -0.2) is 48.1 Å². The first-order chi connectivity index (χ1) is 13.1. The van der Waals surface area contributed by atoms with Gasteiger partial charge in [0.05, 0.1) is 13.2 Å². The molecule has 0 bridgehead atoms. The van der Waals surface area contributed by atoms with Gasteiger partial charge in [0.2, 0.25) is 5.91 Å². The van der Waals surface area contributed by atoms with Gasteiger partial charge in [-0.25, -0.2) is 0 Å². The molecule has 3 rings (SSSR count). The number of fused-ring (bicyclic) bond motifs is 1. The molecule has 6 heteroatoms. The molecule has 1 saturated carbocycles. The normalized spacial score (nSPS) is 19.6. The number of carbonyl (C=O) groups excluding carboxylic acids is 1. The zero-order chi connectivity index (χ0) is 19.1. The topological polar surface area (TPSA) is 78.9 Å². The van der Waals surface area contributed by atoms with Gasteiger partial charge in [0.25, 0.3) is 0 Å². The van der Waals surface area contributed by atoms with Crippen molar-refractivity contribution in [2.75, 3.05) is 26.2 Å². The Morgan fingerprint density at radius 3 is 2.85 bits per heavy atom. The van der Waals surface area contributed by atoms with Crippen LogP contribution in [0.15, 0.2) is 18.2 Å². The maximum Gasteiger partial charge on any atom is 0.303 e. The molecule has 27 heavy (non-hydrogen) atoms. The highest BCUT2D eigenvalue weighted by molar-refractivity contribution is 5.78. The van der Waals surface area contributed by atoms with Crippen LogP contribution in [0.1, 0.15) is 49.7 Å². The molecule has 0 atom stereocenters. The van der Waals surface area contributed by atoms with Crippen LogP contribution in [0.5, 0.6) is 5.75 Å². The number of nitrogens with zero attached hydrogens (tertiary/aromatic N) is 1. The molecule has 0 saturated heterocycles. The van der Waals surface area contributed by atoms with E-state index in [0.29, 0.717) is 32.0 Å². The zero-order valence-corrected chi connectivity index (χ0v) is 15.9. The average molecular weight is 374 g/mol. The molecule has 1 aliphatic carbocycles. The Balaban J connectivity index is 1.78. The first-order valence-electron chi connectivity index (χ1n) is 10.1. The highest BCUT2D eigenvalue weighted by atomic mass is 16.5. The van der Waals surface area contributed by atoms with Crippen molar-refractivity contribution in [3.8, 4) is 5.75 Å². The Morgan fingerprint density at radius 2 is 2.07 bits per heavy atom. The van der Waals surface area contributed by atoms with Crippen LogP contribution in [0.3, 0.4) is 0 Å². The predicted molar refractivity (Wildman–Crippen MR) is 103 cm³/mol. The van der Waals surface area contributed by atoms with Crippen molar-refractivity contribution in [3.63, 3.8) is 0 Å². The summed E-state index contributed by atoms with van der Waals surface area (Å²) in [4.78, 5) is 25.4. The number of nitrogens with one attached hydrogen (secondary N) is 1. The summed E-state index contributed by atoms with van der Waals surface area (Å²) < 4.78 is 6.03. The number of hydrogen-bond acceptors (Lipinski definition) is 4. The highest BCUT2D eigenvalue weighted by Gasteiger charge is 2.26. The van der Waals surface area contributed by atoms with Crippen molar-refractivity contribution in [1.29, 1.82) is 0 Å². The summed E-state index contributed by atoms with van der Waals surface area (Å²) >= 11 is 0. The quantitative estimate of drug-likeness (QED) is 0.828. The van der Waals surface area contributed by atoms with Gasteiger partial charge in [-0.3, -0.25) is 14.5 Å². The van der Waals surface area contributed by atoms with Crippen LogP contribution in [0.25, 0.3) is 0 Å². The first-order valence-corrected chi connectivity index (χ1v) is 10.1. The summed E-state index contributed by atoms with van der Waals surface area (Å²) in [6.07, 6.45) is 6.05. The number of benzene rings is 1. The Labute approximate surface area is 160 Å². The van der Waals surface area contributed by atoms with Gasteiger partial charge in [-0.2, -0.15) is 0 Å². The van der Waals surface area contributed by atoms with Gasteiger partial charge in [0.15, 0.2) is 0 Å². The third-order valence-electron chi connectivity index (χ3n) is 5.13. The van der Waals surface area contributed by atoms with E-state index in [2.05, 4.69) is 16.3 Å². The van der Waals surface area contributed by atoms with E-state index >= 15 is 0 Å². The van der Waals surface area contributed by atoms with Crippen molar-refractivity contribution in [2.24, 2.45) is 5.92 Å². The number of amides is 1. The zero-order valence-electron chi connectivity index (χ0n) is 15.9. The molecule has 148 valence electrons. The number of carboxylic acid groups (broad SMARTS) is 1. The molecule has 1 aromatic carbocycles. The fourth-order valence-corrected chi connectivity index (χ4v) is 3.47. The minimum Gasteiger partial charge on any atom is -0.493 e. The fourth-order valence-electron chi connectivity index (χ4n) is 3.47. The van der Waals surface area contributed by atoms with Gasteiger partial charge in [0.1, 0.15) is 5.75 Å². The standard InChI is InChI=1S/C21H30N2O4/c24-20-15-23(13-17-4-5-17)14-18-12-16(7-9-21(25)26)6-8-19(18)27-11-3-1-2-10-22-20/h6,8,12,17H,1-5,7,9-11,13-15H2,(H,22,24)(H,25,26). The first kappa shape index (κ1) is 19.7. The Morgan fingerprint density at radius 1 is 1.22 bits per heavy atom. The van der Waals surface area contributed by atoms with Gasteiger partial charge < -0.3 is 15.2 Å². The lowest BCUT2D eigenvalue weighted by Gasteiger charge is -2.23. The highest BCUT2D eigenvalue weighted by Crippen LogP contribution is 2.31. The maximum absolute atomic E-state index is 12.3. The van der Waals surface area contributed by atoms with E-state index in [9.17, 15) is 9.59 Å². The van der Waals surface area contributed by atoms with Crippen molar-refractivity contribution in [2.45, 2.75) is 51.5 Å². The van der Waals surface area contributed by atoms with E-state index in [0.717, 1.165) is 49.2 Å². The summed E-state index contributed by atoms with van der Waals surface area (Å²) in [5.41, 5.74) is 2.05. The second-order valence-electron chi connectivity index (χ2n) is 7.71. The minimum atomic E-state index is -0.790. The molecule has 1 aromatic rings. The van der Waals surface area contributed by atoms with E-state index < -0.39 is 5.97 Å². The number of rotatable bonds is 5. The molecule has 0 radical (unpaired) electrons. The van der Waals surface area contributed by atoms with E-state index in [-0.39, 0.29) is 12.3 Å². The summed E-state index contributed by atoms with van der Waals surface area (Å²) in [7, 11) is 0. The molecule has 1 heterocycles. The molecule has 0 spiro atoms. The molecular formula is C21H30N2O4. The Bertz CT molecular complexity index is 658. The molecule has 0 aromatic heterocycles. The molecule has 1 amide bonds. The van der Waals surface area contributed by atoms with Crippen LogP contribution in [0, 0.1) is 5.92 Å². The predicted octanol–water partition coefficient (Wildman–Crippen LogP) is 2.59. The molecule has 2 aliphatic rings. The molecule has 1 aliphatic heterocycles. The molecular weight excluding hydrogens is 344 g/mol. The third kappa shape index (κ3) is 6.86. The lowest BCUT2D eigenvalue weighted by molar-refractivity contribution is -0.137. The van der Waals surface area contributed by atoms with E-state index in [1.54, 1.807) is 0 Å². The smallest absolute Gasteiger partial charge is 0.303 e.